The van der Waals surface area contributed by atoms with Crippen molar-refractivity contribution in [1.82, 2.24) is 0 Å². The van der Waals surface area contributed by atoms with E-state index in [0.29, 0.717) is 32.5 Å². The maximum absolute atomic E-state index is 11.2. The maximum Gasteiger partial charge on any atom is 0.331 e. The molecule has 0 radical (unpaired) electrons. The number of hydrogen-bond donors (Lipinski definition) is 2. The molecule has 0 bridgehead atoms. The third kappa shape index (κ3) is 4.47. The molecule has 2 rings (SSSR count). The van der Waals surface area contributed by atoms with Crippen molar-refractivity contribution in [3.63, 3.8) is 0 Å². The lowest BCUT2D eigenvalue weighted by Gasteiger charge is -2.13. The highest BCUT2D eigenvalue weighted by atomic mass is 16.6. The van der Waals surface area contributed by atoms with E-state index in [-0.39, 0.29) is 23.4 Å². The standard InChI is InChI=1S/C14H18O6/c1-8(13(15)16)10(5-12-7-20-12)4-9(14(17)18)2-3-11-6-19-11/h4,10-12H,1-3,5-7H2,(H,15,16)(H,17,18). The van der Waals surface area contributed by atoms with Gasteiger partial charge in [-0.05, 0) is 19.3 Å². The minimum atomic E-state index is -1.11. The van der Waals surface area contributed by atoms with Gasteiger partial charge >= 0.3 is 11.9 Å². The molecule has 0 aromatic heterocycles. The highest BCUT2D eigenvalue weighted by molar-refractivity contribution is 5.89. The predicted octanol–water partition coefficient (Wildman–Crippen LogP) is 1.22. The molecular formula is C14H18O6. The van der Waals surface area contributed by atoms with Crippen LogP contribution in [0.4, 0.5) is 0 Å². The van der Waals surface area contributed by atoms with Gasteiger partial charge in [-0.3, -0.25) is 0 Å². The van der Waals surface area contributed by atoms with Crippen LogP contribution in [-0.4, -0.2) is 47.6 Å². The first-order chi connectivity index (χ1) is 9.47. The number of ether oxygens (including phenoxy) is 2. The Kier molecular flexibility index (Phi) is 4.57. The van der Waals surface area contributed by atoms with E-state index in [2.05, 4.69) is 6.58 Å². The fourth-order valence-corrected chi connectivity index (χ4v) is 2.01. The number of epoxide rings is 2. The highest BCUT2D eigenvalue weighted by Crippen LogP contribution is 2.28. The van der Waals surface area contributed by atoms with E-state index >= 15 is 0 Å². The van der Waals surface area contributed by atoms with Gasteiger partial charge in [-0.1, -0.05) is 12.7 Å². The van der Waals surface area contributed by atoms with Crippen molar-refractivity contribution in [1.29, 1.82) is 0 Å². The average Bonchev–Trinajstić information content (AvgIpc) is 3.24. The van der Waals surface area contributed by atoms with Crippen molar-refractivity contribution in [2.45, 2.75) is 31.5 Å². The fourth-order valence-electron chi connectivity index (χ4n) is 2.01. The van der Waals surface area contributed by atoms with Crippen molar-refractivity contribution in [3.8, 4) is 0 Å². The molecule has 2 heterocycles. The van der Waals surface area contributed by atoms with Crippen molar-refractivity contribution in [2.75, 3.05) is 13.2 Å². The van der Waals surface area contributed by atoms with Crippen molar-refractivity contribution in [2.24, 2.45) is 5.92 Å². The first-order valence-corrected chi connectivity index (χ1v) is 6.56. The van der Waals surface area contributed by atoms with Gasteiger partial charge in [-0.15, -0.1) is 0 Å². The summed E-state index contributed by atoms with van der Waals surface area (Å²) in [5.74, 6) is -2.64. The van der Waals surface area contributed by atoms with Crippen molar-refractivity contribution < 1.29 is 29.3 Å². The van der Waals surface area contributed by atoms with Gasteiger partial charge in [-0.2, -0.15) is 0 Å². The van der Waals surface area contributed by atoms with Gasteiger partial charge in [0, 0.05) is 17.1 Å². The zero-order valence-electron chi connectivity index (χ0n) is 11.1. The highest BCUT2D eigenvalue weighted by Gasteiger charge is 2.30. The van der Waals surface area contributed by atoms with Gasteiger partial charge < -0.3 is 19.7 Å². The molecule has 0 spiro atoms. The molecule has 110 valence electrons. The van der Waals surface area contributed by atoms with Crippen LogP contribution in [0.1, 0.15) is 19.3 Å². The summed E-state index contributed by atoms with van der Waals surface area (Å²) < 4.78 is 10.1. The molecule has 2 fully saturated rings. The van der Waals surface area contributed by atoms with Gasteiger partial charge in [0.2, 0.25) is 0 Å². The summed E-state index contributed by atoms with van der Waals surface area (Å²) in [6.07, 6.45) is 3.13. The van der Waals surface area contributed by atoms with Gasteiger partial charge in [0.15, 0.2) is 0 Å². The minimum absolute atomic E-state index is 0.00178. The van der Waals surface area contributed by atoms with Crippen LogP contribution >= 0.6 is 0 Å². The van der Waals surface area contributed by atoms with E-state index in [1.165, 1.54) is 6.08 Å². The Morgan fingerprint density at radius 1 is 1.20 bits per heavy atom. The predicted molar refractivity (Wildman–Crippen MR) is 69.3 cm³/mol. The normalized spacial score (nSPS) is 25.9. The second-order valence-corrected chi connectivity index (χ2v) is 5.12. The summed E-state index contributed by atoms with van der Waals surface area (Å²) in [5, 5.41) is 18.2. The van der Waals surface area contributed by atoms with E-state index in [1.54, 1.807) is 0 Å². The Hall–Kier alpha value is -1.66. The van der Waals surface area contributed by atoms with Gasteiger partial charge in [0.05, 0.1) is 25.4 Å². The van der Waals surface area contributed by atoms with E-state index in [1.807, 2.05) is 0 Å². The van der Waals surface area contributed by atoms with Crippen LogP contribution in [0, 0.1) is 5.92 Å². The first kappa shape index (κ1) is 14.7. The number of carboxylic acids is 2. The van der Waals surface area contributed by atoms with Crippen LogP contribution < -0.4 is 0 Å². The molecule has 20 heavy (non-hydrogen) atoms. The molecule has 3 unspecified atom stereocenters. The quantitative estimate of drug-likeness (QED) is 0.487. The van der Waals surface area contributed by atoms with Crippen LogP contribution in [0.25, 0.3) is 0 Å². The van der Waals surface area contributed by atoms with Crippen LogP contribution in [0.2, 0.25) is 0 Å². The number of carboxylic acid groups (broad SMARTS) is 2. The maximum atomic E-state index is 11.2. The molecule has 6 heteroatoms. The van der Waals surface area contributed by atoms with E-state index in [0.717, 1.165) is 0 Å². The Labute approximate surface area is 116 Å². The average molecular weight is 282 g/mol. The number of allylic oxidation sites excluding steroid dienone is 1. The summed E-state index contributed by atoms with van der Waals surface area (Å²) in [4.78, 5) is 22.3. The molecule has 0 aliphatic carbocycles. The van der Waals surface area contributed by atoms with Crippen molar-refractivity contribution in [3.05, 3.63) is 23.8 Å². The SMILES string of the molecule is C=C(C(=O)O)C(C=C(CCC1CO1)C(=O)O)CC1CO1. The fraction of sp³-hybridized carbons (Fsp3) is 0.571. The Bertz CT molecular complexity index is 445. The summed E-state index contributed by atoms with van der Waals surface area (Å²) >= 11 is 0. The molecule has 2 aliphatic heterocycles. The number of hydrogen-bond acceptors (Lipinski definition) is 4. The summed E-state index contributed by atoms with van der Waals surface area (Å²) in [6.45, 7) is 4.81. The van der Waals surface area contributed by atoms with Crippen LogP contribution in [0.3, 0.4) is 0 Å². The smallest absolute Gasteiger partial charge is 0.331 e. The summed E-state index contributed by atoms with van der Waals surface area (Å²) in [6, 6.07) is 0. The van der Waals surface area contributed by atoms with E-state index in [4.69, 9.17) is 14.6 Å². The van der Waals surface area contributed by atoms with Crippen molar-refractivity contribution >= 4 is 11.9 Å². The van der Waals surface area contributed by atoms with E-state index in [9.17, 15) is 14.7 Å². The Balaban J connectivity index is 2.05. The Morgan fingerprint density at radius 3 is 2.25 bits per heavy atom. The molecule has 0 aromatic rings. The zero-order chi connectivity index (χ0) is 14.7. The second kappa shape index (κ2) is 6.19. The largest absolute Gasteiger partial charge is 0.478 e. The van der Waals surface area contributed by atoms with Crippen LogP contribution in [0.15, 0.2) is 23.8 Å². The molecule has 2 aliphatic rings. The first-order valence-electron chi connectivity index (χ1n) is 6.56. The molecule has 6 nitrogen and oxygen atoms in total. The second-order valence-electron chi connectivity index (χ2n) is 5.12. The lowest BCUT2D eigenvalue weighted by atomic mass is 9.91. The van der Waals surface area contributed by atoms with Crippen LogP contribution in [-0.2, 0) is 19.1 Å². The van der Waals surface area contributed by atoms with Gasteiger partial charge in [0.1, 0.15) is 0 Å². The van der Waals surface area contributed by atoms with E-state index < -0.39 is 17.9 Å². The zero-order valence-corrected chi connectivity index (χ0v) is 11.1. The number of aliphatic carboxylic acids is 2. The topological polar surface area (TPSA) is 99.7 Å². The molecule has 2 saturated heterocycles. The Morgan fingerprint density at radius 2 is 1.80 bits per heavy atom. The number of rotatable bonds is 9. The molecule has 0 saturated carbocycles. The van der Waals surface area contributed by atoms with Crippen LogP contribution in [0.5, 0.6) is 0 Å². The third-order valence-electron chi connectivity index (χ3n) is 3.46. The van der Waals surface area contributed by atoms with Gasteiger partial charge in [0.25, 0.3) is 0 Å². The molecular weight excluding hydrogens is 264 g/mol. The summed E-state index contributed by atoms with van der Waals surface area (Å²) in [7, 11) is 0. The van der Waals surface area contributed by atoms with Gasteiger partial charge in [-0.25, -0.2) is 9.59 Å². The lowest BCUT2D eigenvalue weighted by Crippen LogP contribution is -2.14. The molecule has 2 N–H and O–H groups in total. The molecule has 0 amide bonds. The molecule has 0 aromatic carbocycles. The molecule has 3 atom stereocenters. The monoisotopic (exact) mass is 282 g/mol. The summed E-state index contributed by atoms with van der Waals surface area (Å²) in [5.41, 5.74) is 0.218. The minimum Gasteiger partial charge on any atom is -0.478 e. The lowest BCUT2D eigenvalue weighted by molar-refractivity contribution is -0.134. The third-order valence-corrected chi connectivity index (χ3v) is 3.46. The number of carbonyl (C=O) groups is 2.